The highest BCUT2D eigenvalue weighted by Gasteiger charge is 2.31. The summed E-state index contributed by atoms with van der Waals surface area (Å²) >= 11 is 12.5. The lowest BCUT2D eigenvalue weighted by Gasteiger charge is -2.33. The van der Waals surface area contributed by atoms with Crippen LogP contribution in [0.3, 0.4) is 0 Å². The smallest absolute Gasteiger partial charge is 0.258 e. The van der Waals surface area contributed by atoms with Crippen LogP contribution in [0.4, 0.5) is 11.4 Å². The molecule has 1 aliphatic rings. The summed E-state index contributed by atoms with van der Waals surface area (Å²) in [4.78, 5) is 31.1. The largest absolute Gasteiger partial charge is 0.322 e. The van der Waals surface area contributed by atoms with Crippen molar-refractivity contribution >= 4 is 46.4 Å². The zero-order valence-corrected chi connectivity index (χ0v) is 23.4. The number of aryl methyl sites for hydroxylation is 2. The van der Waals surface area contributed by atoms with Crippen molar-refractivity contribution in [2.24, 2.45) is 0 Å². The SMILES string of the molecule is C=CCN(C)CCC1CCCc2cc(Cl)ccc2N1C(=O)c1ccc(NC(=O)c2ccccc2Cl)cc1C. The van der Waals surface area contributed by atoms with E-state index in [1.165, 1.54) is 0 Å². The Kier molecular flexibility index (Phi) is 9.26. The second-order valence-corrected chi connectivity index (χ2v) is 10.6. The van der Waals surface area contributed by atoms with Gasteiger partial charge in [-0.1, -0.05) is 41.4 Å². The Labute approximate surface area is 235 Å². The highest BCUT2D eigenvalue weighted by molar-refractivity contribution is 6.34. The fourth-order valence-electron chi connectivity index (χ4n) is 5.03. The van der Waals surface area contributed by atoms with Crippen molar-refractivity contribution in [3.05, 3.63) is 106 Å². The molecule has 0 bridgehead atoms. The quantitative estimate of drug-likeness (QED) is 0.297. The molecular weight excluding hydrogens is 517 g/mol. The normalized spacial score (nSPS) is 15.1. The molecule has 0 spiro atoms. The van der Waals surface area contributed by atoms with E-state index >= 15 is 0 Å². The summed E-state index contributed by atoms with van der Waals surface area (Å²) in [7, 11) is 2.07. The predicted octanol–water partition coefficient (Wildman–Crippen LogP) is 7.41. The van der Waals surface area contributed by atoms with Gasteiger partial charge in [-0.25, -0.2) is 0 Å². The van der Waals surface area contributed by atoms with E-state index in [0.29, 0.717) is 26.9 Å². The zero-order chi connectivity index (χ0) is 27.2. The summed E-state index contributed by atoms with van der Waals surface area (Å²) in [5.74, 6) is -0.343. The van der Waals surface area contributed by atoms with Crippen LogP contribution in [0.5, 0.6) is 0 Å². The van der Waals surface area contributed by atoms with Gasteiger partial charge < -0.3 is 15.1 Å². The highest BCUT2D eigenvalue weighted by atomic mass is 35.5. The van der Waals surface area contributed by atoms with Crippen LogP contribution in [0.15, 0.2) is 73.3 Å². The van der Waals surface area contributed by atoms with Gasteiger partial charge in [0.15, 0.2) is 0 Å². The molecule has 2 amide bonds. The first kappa shape index (κ1) is 27.9. The molecule has 0 aliphatic carbocycles. The lowest BCUT2D eigenvalue weighted by atomic mass is 10.0. The van der Waals surface area contributed by atoms with Gasteiger partial charge in [-0.05, 0) is 99.3 Å². The topological polar surface area (TPSA) is 52.6 Å². The van der Waals surface area contributed by atoms with Crippen molar-refractivity contribution in [1.29, 1.82) is 0 Å². The number of carbonyl (C=O) groups is 2. The first-order valence-electron chi connectivity index (χ1n) is 12.9. The van der Waals surface area contributed by atoms with Crippen LogP contribution in [0.2, 0.25) is 10.0 Å². The third kappa shape index (κ3) is 6.47. The molecule has 3 aromatic rings. The molecule has 0 aromatic heterocycles. The molecule has 3 aromatic carbocycles. The van der Waals surface area contributed by atoms with Crippen molar-refractivity contribution in [1.82, 2.24) is 4.90 Å². The Morgan fingerprint density at radius 1 is 1.11 bits per heavy atom. The van der Waals surface area contributed by atoms with Crippen LogP contribution in [0.1, 0.15) is 51.1 Å². The van der Waals surface area contributed by atoms with E-state index in [1.807, 2.05) is 42.2 Å². The number of benzene rings is 3. The zero-order valence-electron chi connectivity index (χ0n) is 21.8. The Morgan fingerprint density at radius 3 is 2.63 bits per heavy atom. The first-order valence-corrected chi connectivity index (χ1v) is 13.6. The molecule has 1 aliphatic heterocycles. The predicted molar refractivity (Wildman–Crippen MR) is 158 cm³/mol. The van der Waals surface area contributed by atoms with E-state index < -0.39 is 0 Å². The summed E-state index contributed by atoms with van der Waals surface area (Å²) in [6.45, 7) is 7.39. The molecule has 1 heterocycles. The molecule has 0 saturated carbocycles. The van der Waals surface area contributed by atoms with Crippen LogP contribution < -0.4 is 10.2 Å². The number of anilines is 2. The number of fused-ring (bicyclic) bond motifs is 1. The molecule has 1 atom stereocenters. The van der Waals surface area contributed by atoms with Gasteiger partial charge in [-0.3, -0.25) is 9.59 Å². The van der Waals surface area contributed by atoms with E-state index in [9.17, 15) is 9.59 Å². The minimum absolute atomic E-state index is 0.0478. The standard InChI is InChI=1S/C31H33Cl2N3O2/c1-4-17-35(3)18-16-25-9-7-8-22-20-23(32)12-15-29(22)36(25)31(38)26-14-13-24(19-21(26)2)34-30(37)27-10-5-6-11-28(27)33/h4-6,10-15,19-20,25H,1,7-9,16-18H2,2-3H3,(H,34,37). The van der Waals surface area contributed by atoms with Crippen molar-refractivity contribution in [2.45, 2.75) is 38.6 Å². The maximum absolute atomic E-state index is 14.2. The highest BCUT2D eigenvalue weighted by Crippen LogP contribution is 2.35. The van der Waals surface area contributed by atoms with Crippen molar-refractivity contribution in [3.8, 4) is 0 Å². The average Bonchev–Trinajstić information content (AvgIpc) is 3.06. The second kappa shape index (κ2) is 12.6. The van der Waals surface area contributed by atoms with Gasteiger partial charge in [0.2, 0.25) is 0 Å². The average molecular weight is 551 g/mol. The number of nitrogens with one attached hydrogen (secondary N) is 1. The van der Waals surface area contributed by atoms with E-state index in [1.54, 1.807) is 36.4 Å². The van der Waals surface area contributed by atoms with Gasteiger partial charge >= 0.3 is 0 Å². The molecular formula is C31H33Cl2N3O2. The molecule has 0 saturated heterocycles. The van der Waals surface area contributed by atoms with E-state index in [-0.39, 0.29) is 17.9 Å². The van der Waals surface area contributed by atoms with Gasteiger partial charge in [0.25, 0.3) is 11.8 Å². The van der Waals surface area contributed by atoms with Crippen molar-refractivity contribution < 1.29 is 9.59 Å². The number of likely N-dealkylation sites (N-methyl/N-ethyl adjacent to an activating group) is 1. The van der Waals surface area contributed by atoms with E-state index in [0.717, 1.165) is 55.6 Å². The maximum Gasteiger partial charge on any atom is 0.258 e. The summed E-state index contributed by atoms with van der Waals surface area (Å²) in [5, 5.41) is 3.96. The minimum atomic E-state index is -0.295. The summed E-state index contributed by atoms with van der Waals surface area (Å²) in [5.41, 5.74) is 4.41. The van der Waals surface area contributed by atoms with Crippen LogP contribution in [-0.4, -0.2) is 42.9 Å². The Hall–Kier alpha value is -3.12. The van der Waals surface area contributed by atoms with Gasteiger partial charge in [0.05, 0.1) is 10.6 Å². The van der Waals surface area contributed by atoms with E-state index in [2.05, 4.69) is 23.8 Å². The van der Waals surface area contributed by atoms with Gasteiger partial charge in [0, 0.05) is 41.1 Å². The third-order valence-corrected chi connectivity index (χ3v) is 7.55. The monoisotopic (exact) mass is 549 g/mol. The Bertz CT molecular complexity index is 1340. The number of amides is 2. The molecule has 7 heteroatoms. The number of carbonyl (C=O) groups excluding carboxylic acids is 2. The molecule has 38 heavy (non-hydrogen) atoms. The first-order chi connectivity index (χ1) is 18.3. The van der Waals surface area contributed by atoms with Crippen LogP contribution in [0.25, 0.3) is 0 Å². The number of hydrogen-bond acceptors (Lipinski definition) is 3. The second-order valence-electron chi connectivity index (χ2n) is 9.80. The molecule has 0 fully saturated rings. The summed E-state index contributed by atoms with van der Waals surface area (Å²) in [6.07, 6.45) is 5.51. The summed E-state index contributed by atoms with van der Waals surface area (Å²) in [6, 6.07) is 18.1. The van der Waals surface area contributed by atoms with Crippen LogP contribution >= 0.6 is 23.2 Å². The molecule has 4 rings (SSSR count). The van der Waals surface area contributed by atoms with Crippen LogP contribution in [-0.2, 0) is 6.42 Å². The van der Waals surface area contributed by atoms with E-state index in [4.69, 9.17) is 23.2 Å². The van der Waals surface area contributed by atoms with Crippen molar-refractivity contribution in [2.75, 3.05) is 30.4 Å². The fourth-order valence-corrected chi connectivity index (χ4v) is 5.44. The Morgan fingerprint density at radius 2 is 1.89 bits per heavy atom. The van der Waals surface area contributed by atoms with Gasteiger partial charge in [-0.15, -0.1) is 6.58 Å². The molecule has 1 unspecified atom stereocenters. The van der Waals surface area contributed by atoms with Gasteiger partial charge in [0.1, 0.15) is 0 Å². The lowest BCUT2D eigenvalue weighted by molar-refractivity contribution is 0.0971. The fraction of sp³-hybridized carbons (Fsp3) is 0.290. The number of nitrogens with zero attached hydrogens (tertiary/aromatic N) is 2. The lowest BCUT2D eigenvalue weighted by Crippen LogP contribution is -2.42. The Balaban J connectivity index is 1.62. The minimum Gasteiger partial charge on any atom is -0.322 e. The molecule has 0 radical (unpaired) electrons. The maximum atomic E-state index is 14.2. The molecule has 1 N–H and O–H groups in total. The molecule has 5 nitrogen and oxygen atoms in total. The van der Waals surface area contributed by atoms with Crippen molar-refractivity contribution in [3.63, 3.8) is 0 Å². The summed E-state index contributed by atoms with van der Waals surface area (Å²) < 4.78 is 0. The number of hydrogen-bond donors (Lipinski definition) is 1. The van der Waals surface area contributed by atoms with Gasteiger partial charge in [-0.2, -0.15) is 0 Å². The number of halogens is 2. The number of rotatable bonds is 8. The van der Waals surface area contributed by atoms with Crippen LogP contribution in [0, 0.1) is 6.92 Å². The third-order valence-electron chi connectivity index (χ3n) is 6.99. The molecule has 198 valence electrons.